The van der Waals surface area contributed by atoms with Crippen molar-refractivity contribution >= 4 is 17.3 Å². The van der Waals surface area contributed by atoms with E-state index in [-0.39, 0.29) is 28.9 Å². The van der Waals surface area contributed by atoms with Crippen molar-refractivity contribution in [1.29, 1.82) is 0 Å². The number of carbonyl (C=O) groups excluding carboxylic acids is 1. The van der Waals surface area contributed by atoms with Gasteiger partial charge in [-0.05, 0) is 18.9 Å². The Morgan fingerprint density at radius 1 is 1.37 bits per heavy atom. The van der Waals surface area contributed by atoms with Crippen LogP contribution < -0.4 is 16.6 Å². The molecular weight excluding hydrogens is 248 g/mol. The van der Waals surface area contributed by atoms with Gasteiger partial charge in [0.05, 0.1) is 10.5 Å². The van der Waals surface area contributed by atoms with Gasteiger partial charge in [-0.2, -0.15) is 0 Å². The molecule has 0 aromatic heterocycles. The van der Waals surface area contributed by atoms with Crippen LogP contribution >= 0.6 is 0 Å². The highest BCUT2D eigenvalue weighted by molar-refractivity contribution is 6.01. The zero-order valence-corrected chi connectivity index (χ0v) is 11.1. The second kappa shape index (κ2) is 6.14. The molecule has 19 heavy (non-hydrogen) atoms. The third kappa shape index (κ3) is 3.41. The molecule has 0 spiro atoms. The van der Waals surface area contributed by atoms with Crippen molar-refractivity contribution in [2.45, 2.75) is 26.8 Å². The van der Waals surface area contributed by atoms with E-state index >= 15 is 0 Å². The van der Waals surface area contributed by atoms with Gasteiger partial charge in [-0.3, -0.25) is 20.8 Å². The minimum atomic E-state index is -0.585. The lowest BCUT2D eigenvalue weighted by Crippen LogP contribution is -2.36. The summed E-state index contributed by atoms with van der Waals surface area (Å²) in [6.45, 7) is 5.82. The molecule has 1 aromatic rings. The number of para-hydroxylation sites is 1. The number of anilines is 1. The first-order chi connectivity index (χ1) is 8.88. The molecule has 7 nitrogen and oxygen atoms in total. The van der Waals surface area contributed by atoms with Gasteiger partial charge in [0.1, 0.15) is 5.69 Å². The van der Waals surface area contributed by atoms with Crippen molar-refractivity contribution in [3.63, 3.8) is 0 Å². The second-order valence-corrected chi connectivity index (χ2v) is 4.61. The number of nitrogens with one attached hydrogen (secondary N) is 2. The van der Waals surface area contributed by atoms with Gasteiger partial charge >= 0.3 is 0 Å². The average molecular weight is 266 g/mol. The Kier molecular flexibility index (Phi) is 4.82. The fourth-order valence-electron chi connectivity index (χ4n) is 1.48. The van der Waals surface area contributed by atoms with Gasteiger partial charge in [-0.15, -0.1) is 0 Å². The summed E-state index contributed by atoms with van der Waals surface area (Å²) in [6, 6.07) is 4.19. The predicted octanol–water partition coefficient (Wildman–Crippen LogP) is 1.65. The van der Waals surface area contributed by atoms with E-state index in [1.807, 2.05) is 20.8 Å². The molecule has 4 N–H and O–H groups in total. The number of hydrogen-bond donors (Lipinski definition) is 3. The van der Waals surface area contributed by atoms with Crippen LogP contribution in [0.2, 0.25) is 0 Å². The normalized spacial score (nSPS) is 12.1. The zero-order chi connectivity index (χ0) is 14.6. The van der Waals surface area contributed by atoms with Crippen LogP contribution in [-0.2, 0) is 0 Å². The van der Waals surface area contributed by atoms with Gasteiger partial charge in [-0.1, -0.05) is 19.9 Å². The van der Waals surface area contributed by atoms with Crippen molar-refractivity contribution < 1.29 is 9.72 Å². The van der Waals surface area contributed by atoms with E-state index in [0.29, 0.717) is 0 Å². The quantitative estimate of drug-likeness (QED) is 0.426. The van der Waals surface area contributed by atoms with Crippen LogP contribution in [0.5, 0.6) is 0 Å². The molecule has 0 radical (unpaired) electrons. The van der Waals surface area contributed by atoms with Crippen molar-refractivity contribution in [2.75, 3.05) is 5.43 Å². The molecule has 1 amide bonds. The van der Waals surface area contributed by atoms with Crippen molar-refractivity contribution in [2.24, 2.45) is 11.8 Å². The summed E-state index contributed by atoms with van der Waals surface area (Å²) in [5, 5.41) is 13.6. The monoisotopic (exact) mass is 266 g/mol. The topological polar surface area (TPSA) is 110 Å². The summed E-state index contributed by atoms with van der Waals surface area (Å²) in [4.78, 5) is 22.4. The van der Waals surface area contributed by atoms with Crippen LogP contribution in [0.25, 0.3) is 0 Å². The minimum Gasteiger partial charge on any atom is -0.349 e. The zero-order valence-electron chi connectivity index (χ0n) is 11.1. The molecule has 1 rings (SSSR count). The fourth-order valence-corrected chi connectivity index (χ4v) is 1.48. The molecule has 0 saturated carbocycles. The van der Waals surface area contributed by atoms with Crippen molar-refractivity contribution in [1.82, 2.24) is 5.32 Å². The van der Waals surface area contributed by atoms with Crippen LogP contribution in [0.3, 0.4) is 0 Å². The van der Waals surface area contributed by atoms with Crippen molar-refractivity contribution in [3.05, 3.63) is 33.9 Å². The van der Waals surface area contributed by atoms with Gasteiger partial charge in [0.15, 0.2) is 0 Å². The SMILES string of the molecule is CC(C)C(C)NC(=O)c1cccc([N+](=O)[O-])c1NN. The number of nitrogens with zero attached hydrogens (tertiary/aromatic N) is 1. The molecule has 1 atom stereocenters. The fraction of sp³-hybridized carbons (Fsp3) is 0.417. The number of nitro groups is 1. The summed E-state index contributed by atoms with van der Waals surface area (Å²) in [7, 11) is 0. The van der Waals surface area contributed by atoms with E-state index in [1.54, 1.807) is 0 Å². The van der Waals surface area contributed by atoms with Crippen LogP contribution in [0, 0.1) is 16.0 Å². The molecule has 7 heteroatoms. The molecule has 0 aliphatic rings. The lowest BCUT2D eigenvalue weighted by atomic mass is 10.1. The van der Waals surface area contributed by atoms with Gasteiger partial charge in [0.2, 0.25) is 0 Å². The first-order valence-electron chi connectivity index (χ1n) is 5.93. The molecule has 0 heterocycles. The Hall–Kier alpha value is -2.15. The predicted molar refractivity (Wildman–Crippen MR) is 72.7 cm³/mol. The third-order valence-electron chi connectivity index (χ3n) is 2.99. The lowest BCUT2D eigenvalue weighted by molar-refractivity contribution is -0.384. The molecule has 1 unspecified atom stereocenters. The van der Waals surface area contributed by atoms with Crippen LogP contribution in [0.1, 0.15) is 31.1 Å². The summed E-state index contributed by atoms with van der Waals surface area (Å²) in [6.07, 6.45) is 0. The molecule has 104 valence electrons. The summed E-state index contributed by atoms with van der Waals surface area (Å²) in [5.74, 6) is 5.15. The summed E-state index contributed by atoms with van der Waals surface area (Å²) in [5.41, 5.74) is 2.17. The molecular formula is C12H18N4O3. The molecule has 0 saturated heterocycles. The van der Waals surface area contributed by atoms with Crippen LogP contribution in [-0.4, -0.2) is 16.9 Å². The van der Waals surface area contributed by atoms with E-state index in [4.69, 9.17) is 5.84 Å². The maximum absolute atomic E-state index is 12.1. The largest absolute Gasteiger partial charge is 0.349 e. The van der Waals surface area contributed by atoms with Gasteiger partial charge in [0.25, 0.3) is 11.6 Å². The molecule has 0 bridgehead atoms. The molecule has 0 aliphatic heterocycles. The number of hydrazine groups is 1. The Bertz CT molecular complexity index is 488. The first-order valence-corrected chi connectivity index (χ1v) is 5.93. The van der Waals surface area contributed by atoms with E-state index in [1.165, 1.54) is 18.2 Å². The third-order valence-corrected chi connectivity index (χ3v) is 2.99. The maximum atomic E-state index is 12.1. The minimum absolute atomic E-state index is 0.0148. The number of rotatable bonds is 5. The maximum Gasteiger partial charge on any atom is 0.294 e. The van der Waals surface area contributed by atoms with E-state index < -0.39 is 10.8 Å². The number of nitrogens with two attached hydrogens (primary N) is 1. The Labute approximate surface area is 111 Å². The molecule has 0 aliphatic carbocycles. The number of nitrogen functional groups attached to an aromatic ring is 1. The number of carbonyl (C=O) groups is 1. The number of amides is 1. The lowest BCUT2D eigenvalue weighted by Gasteiger charge is -2.18. The van der Waals surface area contributed by atoms with E-state index in [0.717, 1.165) is 0 Å². The van der Waals surface area contributed by atoms with Gasteiger partial charge < -0.3 is 10.7 Å². The Morgan fingerprint density at radius 3 is 2.47 bits per heavy atom. The summed E-state index contributed by atoms with van der Waals surface area (Å²) < 4.78 is 0. The average Bonchev–Trinajstić information content (AvgIpc) is 2.37. The Morgan fingerprint density at radius 2 is 2.00 bits per heavy atom. The second-order valence-electron chi connectivity index (χ2n) is 4.61. The van der Waals surface area contributed by atoms with E-state index in [2.05, 4.69) is 10.7 Å². The number of benzene rings is 1. The smallest absolute Gasteiger partial charge is 0.294 e. The highest BCUT2D eigenvalue weighted by Crippen LogP contribution is 2.27. The highest BCUT2D eigenvalue weighted by Gasteiger charge is 2.22. The van der Waals surface area contributed by atoms with Gasteiger partial charge in [0, 0.05) is 12.1 Å². The number of hydrogen-bond acceptors (Lipinski definition) is 5. The standard InChI is InChI=1S/C12H18N4O3/c1-7(2)8(3)14-12(17)9-5-4-6-10(16(18)19)11(9)15-13/h4-8,15H,13H2,1-3H3,(H,14,17). The molecule has 0 fully saturated rings. The number of nitro benzene ring substituents is 1. The van der Waals surface area contributed by atoms with Crippen molar-refractivity contribution in [3.8, 4) is 0 Å². The first kappa shape index (κ1) is 14.9. The highest BCUT2D eigenvalue weighted by atomic mass is 16.6. The van der Waals surface area contributed by atoms with Crippen LogP contribution in [0.15, 0.2) is 18.2 Å². The summed E-state index contributed by atoms with van der Waals surface area (Å²) >= 11 is 0. The Balaban J connectivity index is 3.10. The molecule has 1 aromatic carbocycles. The van der Waals surface area contributed by atoms with Crippen LogP contribution in [0.4, 0.5) is 11.4 Å². The van der Waals surface area contributed by atoms with E-state index in [9.17, 15) is 14.9 Å². The van der Waals surface area contributed by atoms with Gasteiger partial charge in [-0.25, -0.2) is 0 Å².